The van der Waals surface area contributed by atoms with E-state index in [2.05, 4.69) is 34.2 Å². The number of halogens is 2. The third kappa shape index (κ3) is 5.50. The number of ether oxygens (including phenoxy) is 1. The Morgan fingerprint density at radius 1 is 1.03 bits per heavy atom. The average Bonchev–Trinajstić information content (AvgIpc) is 3.42. The van der Waals surface area contributed by atoms with Crippen molar-refractivity contribution in [3.63, 3.8) is 0 Å². The summed E-state index contributed by atoms with van der Waals surface area (Å²) >= 11 is 12.3. The predicted octanol–water partition coefficient (Wildman–Crippen LogP) is 7.28. The summed E-state index contributed by atoms with van der Waals surface area (Å²) in [5, 5.41) is 1.88. The quantitative estimate of drug-likeness (QED) is 0.110. The number of pyridine rings is 1. The van der Waals surface area contributed by atoms with Crippen LogP contribution in [-0.4, -0.2) is 39.6 Å². The molecule has 0 spiro atoms. The van der Waals surface area contributed by atoms with Crippen molar-refractivity contribution in [2.24, 2.45) is 0 Å². The molecule has 0 aliphatic heterocycles. The summed E-state index contributed by atoms with van der Waals surface area (Å²) in [7, 11) is -1.23. The number of fused-ring (bicyclic) bond motifs is 2. The highest BCUT2D eigenvalue weighted by molar-refractivity contribution is 6.76. The van der Waals surface area contributed by atoms with Gasteiger partial charge in [-0.3, -0.25) is 14.3 Å². The topological polar surface area (TPSA) is 61.9 Å². The molecule has 9 heteroatoms. The molecule has 37 heavy (non-hydrogen) atoms. The van der Waals surface area contributed by atoms with Gasteiger partial charge >= 0.3 is 0 Å². The van der Waals surface area contributed by atoms with E-state index in [1.165, 1.54) is 0 Å². The first-order chi connectivity index (χ1) is 17.7. The third-order valence-corrected chi connectivity index (χ3v) is 8.78. The molecule has 0 aliphatic rings. The lowest BCUT2D eigenvalue weighted by Gasteiger charge is -2.16. The van der Waals surface area contributed by atoms with Crippen molar-refractivity contribution in [1.82, 2.24) is 19.1 Å². The SMILES string of the molecule is C[Si](C)(C)CCOCn1c(C(=O)c2cn(Cc3ccc(Cl)c(Cl)c3)c3ccccc23)nc2cnccc21. The first-order valence-corrected chi connectivity index (χ1v) is 16.6. The molecule has 3 heterocycles. The largest absolute Gasteiger partial charge is 0.361 e. The number of para-hydroxylation sites is 1. The van der Waals surface area contributed by atoms with Gasteiger partial charge in [-0.25, -0.2) is 4.98 Å². The molecule has 0 aliphatic carbocycles. The minimum Gasteiger partial charge on any atom is -0.361 e. The van der Waals surface area contributed by atoms with Crippen molar-refractivity contribution in [2.45, 2.75) is 39.0 Å². The fourth-order valence-corrected chi connectivity index (χ4v) is 5.41. The summed E-state index contributed by atoms with van der Waals surface area (Å²) in [4.78, 5) is 22.9. The summed E-state index contributed by atoms with van der Waals surface area (Å²) in [5.41, 5.74) is 4.02. The number of benzene rings is 2. The first kappa shape index (κ1) is 25.7. The Balaban J connectivity index is 1.52. The van der Waals surface area contributed by atoms with Crippen LogP contribution in [0.25, 0.3) is 21.9 Å². The standard InChI is InChI=1S/C28H28Cl2N4O2Si/c1-37(2,3)13-12-36-18-34-26-10-11-31-15-24(26)32-28(34)27(35)21-17-33(25-7-5-4-6-20(21)25)16-19-8-9-22(29)23(30)14-19/h4-11,14-15,17H,12-13,16,18H2,1-3H3. The highest BCUT2D eigenvalue weighted by Crippen LogP contribution is 2.28. The molecule has 0 radical (unpaired) electrons. The fourth-order valence-electron chi connectivity index (χ4n) is 4.33. The van der Waals surface area contributed by atoms with Crippen molar-refractivity contribution in [2.75, 3.05) is 6.61 Å². The van der Waals surface area contributed by atoms with Gasteiger partial charge in [0.05, 0.1) is 27.3 Å². The van der Waals surface area contributed by atoms with Crippen LogP contribution in [0.5, 0.6) is 0 Å². The van der Waals surface area contributed by atoms with Crippen molar-refractivity contribution in [1.29, 1.82) is 0 Å². The maximum atomic E-state index is 14.0. The maximum absolute atomic E-state index is 14.0. The van der Waals surface area contributed by atoms with E-state index in [9.17, 15) is 4.79 Å². The van der Waals surface area contributed by atoms with Gasteiger partial charge in [-0.2, -0.15) is 0 Å². The van der Waals surface area contributed by atoms with E-state index in [0.29, 0.717) is 40.1 Å². The smallest absolute Gasteiger partial charge is 0.230 e. The van der Waals surface area contributed by atoms with Crippen molar-refractivity contribution >= 4 is 59.0 Å². The Labute approximate surface area is 226 Å². The zero-order valence-electron chi connectivity index (χ0n) is 21.0. The lowest BCUT2D eigenvalue weighted by molar-refractivity contribution is 0.0835. The van der Waals surface area contributed by atoms with Crippen LogP contribution in [0.3, 0.4) is 0 Å². The van der Waals surface area contributed by atoms with Crippen molar-refractivity contribution in [3.8, 4) is 0 Å². The van der Waals surface area contributed by atoms with Gasteiger partial charge in [0, 0.05) is 44.5 Å². The highest BCUT2D eigenvalue weighted by Gasteiger charge is 2.23. The van der Waals surface area contributed by atoms with Gasteiger partial charge in [-0.1, -0.05) is 67.1 Å². The predicted molar refractivity (Wildman–Crippen MR) is 153 cm³/mol. The van der Waals surface area contributed by atoms with E-state index in [-0.39, 0.29) is 12.5 Å². The van der Waals surface area contributed by atoms with Gasteiger partial charge in [0.1, 0.15) is 12.2 Å². The van der Waals surface area contributed by atoms with Gasteiger partial charge in [-0.15, -0.1) is 0 Å². The summed E-state index contributed by atoms with van der Waals surface area (Å²) < 4.78 is 9.95. The second-order valence-electron chi connectivity index (χ2n) is 10.3. The number of rotatable bonds is 9. The summed E-state index contributed by atoms with van der Waals surface area (Å²) in [6.45, 7) is 8.40. The second-order valence-corrected chi connectivity index (χ2v) is 16.8. The van der Waals surface area contributed by atoms with E-state index in [4.69, 9.17) is 27.9 Å². The molecule has 5 rings (SSSR count). The summed E-state index contributed by atoms with van der Waals surface area (Å²) in [5.74, 6) is 0.183. The van der Waals surface area contributed by atoms with Gasteiger partial charge in [0.2, 0.25) is 5.78 Å². The third-order valence-electron chi connectivity index (χ3n) is 6.34. The van der Waals surface area contributed by atoms with E-state index in [1.807, 2.05) is 53.2 Å². The average molecular weight is 552 g/mol. The Bertz CT molecular complexity index is 1600. The first-order valence-electron chi connectivity index (χ1n) is 12.2. The van der Waals surface area contributed by atoms with Gasteiger partial charge in [0.25, 0.3) is 0 Å². The van der Waals surface area contributed by atoms with Gasteiger partial charge in [-0.05, 0) is 35.9 Å². The molecule has 0 bridgehead atoms. The number of carbonyl (C=O) groups excluding carboxylic acids is 1. The van der Waals surface area contributed by atoms with Crippen molar-refractivity contribution in [3.05, 3.63) is 94.1 Å². The summed E-state index contributed by atoms with van der Waals surface area (Å²) in [6.07, 6.45) is 5.28. The lowest BCUT2D eigenvalue weighted by Crippen LogP contribution is -2.22. The molecular formula is C28H28Cl2N4O2Si. The van der Waals surface area contributed by atoms with E-state index in [1.54, 1.807) is 18.5 Å². The van der Waals surface area contributed by atoms with Crippen LogP contribution in [0.2, 0.25) is 35.7 Å². The molecule has 3 aromatic heterocycles. The molecule has 0 saturated carbocycles. The van der Waals surface area contributed by atoms with Crippen LogP contribution < -0.4 is 0 Å². The van der Waals surface area contributed by atoms with Crippen LogP contribution >= 0.6 is 23.2 Å². The zero-order chi connectivity index (χ0) is 26.2. The molecule has 5 aromatic rings. The minimum absolute atomic E-state index is 0.158. The van der Waals surface area contributed by atoms with Crippen LogP contribution in [0, 0.1) is 0 Å². The highest BCUT2D eigenvalue weighted by atomic mass is 35.5. The molecule has 190 valence electrons. The number of aromatic nitrogens is 4. The minimum atomic E-state index is -1.23. The van der Waals surface area contributed by atoms with E-state index in [0.717, 1.165) is 28.0 Å². The van der Waals surface area contributed by atoms with E-state index < -0.39 is 8.07 Å². The lowest BCUT2D eigenvalue weighted by atomic mass is 10.1. The maximum Gasteiger partial charge on any atom is 0.230 e. The Morgan fingerprint density at radius 3 is 2.62 bits per heavy atom. The fraction of sp³-hybridized carbons (Fsp3) is 0.250. The number of ketones is 1. The number of imidazole rings is 1. The molecule has 6 nitrogen and oxygen atoms in total. The molecular weight excluding hydrogens is 523 g/mol. The number of hydrogen-bond acceptors (Lipinski definition) is 4. The molecule has 2 aromatic carbocycles. The van der Waals surface area contributed by atoms with Crippen LogP contribution in [0.1, 0.15) is 21.7 Å². The molecule has 0 unspecified atom stereocenters. The zero-order valence-corrected chi connectivity index (χ0v) is 23.6. The number of nitrogens with zero attached hydrogens (tertiary/aromatic N) is 4. The Kier molecular flexibility index (Phi) is 7.23. The monoisotopic (exact) mass is 550 g/mol. The Hall–Kier alpha value is -2.97. The molecule has 0 N–H and O–H groups in total. The molecule has 0 fully saturated rings. The van der Waals surface area contributed by atoms with Crippen LogP contribution in [-0.2, 0) is 18.0 Å². The number of hydrogen-bond donors (Lipinski definition) is 0. The van der Waals surface area contributed by atoms with Crippen LogP contribution in [0.4, 0.5) is 0 Å². The van der Waals surface area contributed by atoms with Crippen LogP contribution in [0.15, 0.2) is 67.1 Å². The number of carbonyl (C=O) groups is 1. The molecule has 0 amide bonds. The molecule has 0 atom stereocenters. The summed E-state index contributed by atoms with van der Waals surface area (Å²) in [6, 6.07) is 16.4. The van der Waals surface area contributed by atoms with Crippen molar-refractivity contribution < 1.29 is 9.53 Å². The normalized spacial score (nSPS) is 12.0. The van der Waals surface area contributed by atoms with E-state index >= 15 is 0 Å². The molecule has 0 saturated heterocycles. The second kappa shape index (κ2) is 10.4. The Morgan fingerprint density at radius 2 is 1.84 bits per heavy atom. The van der Waals surface area contributed by atoms with Gasteiger partial charge in [0.15, 0.2) is 5.82 Å². The van der Waals surface area contributed by atoms with Gasteiger partial charge < -0.3 is 9.30 Å².